The molecule has 120 valence electrons. The molecule has 6 heteroatoms. The van der Waals surface area contributed by atoms with E-state index in [1.807, 2.05) is 14.1 Å². The molecule has 0 saturated carbocycles. The topological polar surface area (TPSA) is 69.6 Å². The third kappa shape index (κ3) is 5.39. The number of likely N-dealkylation sites (N-methyl/N-ethyl adjacent to an activating group) is 1. The largest absolute Gasteiger partial charge is 0.387 e. The summed E-state index contributed by atoms with van der Waals surface area (Å²) in [5, 5.41) is 13.4. The lowest BCUT2D eigenvalue weighted by Crippen LogP contribution is -2.47. The van der Waals surface area contributed by atoms with Gasteiger partial charge in [-0.05, 0) is 45.6 Å². The Bertz CT molecular complexity index is 551. The van der Waals surface area contributed by atoms with Crippen LogP contribution in [0, 0.1) is 0 Å². The molecular weight excluding hydrogens is 288 g/mol. The highest BCUT2D eigenvalue weighted by Crippen LogP contribution is 2.16. The fraction of sp³-hybridized carbons (Fsp3) is 0.600. The van der Waals surface area contributed by atoms with E-state index in [0.29, 0.717) is 12.1 Å². The highest BCUT2D eigenvalue weighted by Gasteiger charge is 2.20. The van der Waals surface area contributed by atoms with Crippen LogP contribution in [-0.4, -0.2) is 57.4 Å². The maximum absolute atomic E-state index is 11.4. The average molecular weight is 314 g/mol. The van der Waals surface area contributed by atoms with Crippen molar-refractivity contribution in [2.45, 2.75) is 30.4 Å². The number of aliphatic hydroxyl groups is 1. The van der Waals surface area contributed by atoms with Crippen molar-refractivity contribution in [3.05, 3.63) is 29.8 Å². The van der Waals surface area contributed by atoms with E-state index in [1.54, 1.807) is 12.1 Å². The molecule has 1 atom stereocenters. The van der Waals surface area contributed by atoms with Gasteiger partial charge in [-0.15, -0.1) is 0 Å². The van der Waals surface area contributed by atoms with Crippen molar-refractivity contribution in [3.8, 4) is 0 Å². The normalized spacial score (nSPS) is 14.4. The van der Waals surface area contributed by atoms with Crippen LogP contribution in [0.5, 0.6) is 0 Å². The molecule has 2 N–H and O–H groups in total. The molecule has 0 radical (unpaired) electrons. The summed E-state index contributed by atoms with van der Waals surface area (Å²) >= 11 is 0. The Morgan fingerprint density at radius 1 is 1.24 bits per heavy atom. The Hall–Kier alpha value is -0.950. The number of aliphatic hydroxyl groups excluding tert-OH is 1. The van der Waals surface area contributed by atoms with Gasteiger partial charge in [0.15, 0.2) is 9.84 Å². The maximum Gasteiger partial charge on any atom is 0.175 e. The number of nitrogens with zero attached hydrogens (tertiary/aromatic N) is 1. The highest BCUT2D eigenvalue weighted by molar-refractivity contribution is 7.90. The van der Waals surface area contributed by atoms with Crippen molar-refractivity contribution in [1.82, 2.24) is 10.2 Å². The second kappa shape index (κ2) is 6.87. The minimum atomic E-state index is -3.19. The van der Waals surface area contributed by atoms with Gasteiger partial charge in [0, 0.05) is 24.9 Å². The molecule has 5 nitrogen and oxygen atoms in total. The van der Waals surface area contributed by atoms with Crippen molar-refractivity contribution in [3.63, 3.8) is 0 Å². The molecular formula is C15H26N2O3S. The lowest BCUT2D eigenvalue weighted by atomic mass is 10.0. The van der Waals surface area contributed by atoms with Crippen LogP contribution in [0.25, 0.3) is 0 Å². The third-order valence-electron chi connectivity index (χ3n) is 3.80. The molecule has 0 heterocycles. The molecule has 21 heavy (non-hydrogen) atoms. The first-order chi connectivity index (χ1) is 9.54. The van der Waals surface area contributed by atoms with Crippen LogP contribution in [-0.2, 0) is 9.84 Å². The Morgan fingerprint density at radius 2 is 1.76 bits per heavy atom. The molecule has 0 fully saturated rings. The van der Waals surface area contributed by atoms with E-state index in [9.17, 15) is 13.5 Å². The van der Waals surface area contributed by atoms with Gasteiger partial charge in [0.25, 0.3) is 0 Å². The minimum Gasteiger partial charge on any atom is -0.387 e. The van der Waals surface area contributed by atoms with Gasteiger partial charge in [-0.2, -0.15) is 0 Å². The van der Waals surface area contributed by atoms with Gasteiger partial charge in [0.05, 0.1) is 11.0 Å². The SMILES string of the molecule is CN(C)C(C)(C)CNCC(O)c1ccc(S(C)(=O)=O)cc1. The summed E-state index contributed by atoms with van der Waals surface area (Å²) in [5.41, 5.74) is 0.706. The summed E-state index contributed by atoms with van der Waals surface area (Å²) in [6.07, 6.45) is 0.514. The molecule has 0 amide bonds. The molecule has 0 aliphatic rings. The van der Waals surface area contributed by atoms with Gasteiger partial charge in [0.2, 0.25) is 0 Å². The van der Waals surface area contributed by atoms with Crippen LogP contribution in [0.2, 0.25) is 0 Å². The Labute approximate surface area is 127 Å². The van der Waals surface area contributed by atoms with Crippen molar-refractivity contribution in [2.75, 3.05) is 33.4 Å². The van der Waals surface area contributed by atoms with Crippen molar-refractivity contribution in [1.29, 1.82) is 0 Å². The molecule has 0 aromatic heterocycles. The third-order valence-corrected chi connectivity index (χ3v) is 4.93. The van der Waals surface area contributed by atoms with E-state index < -0.39 is 15.9 Å². The zero-order chi connectivity index (χ0) is 16.3. The first kappa shape index (κ1) is 18.1. The fourth-order valence-corrected chi connectivity index (χ4v) is 2.36. The van der Waals surface area contributed by atoms with E-state index in [0.717, 1.165) is 6.54 Å². The Balaban J connectivity index is 2.59. The van der Waals surface area contributed by atoms with Gasteiger partial charge in [0.1, 0.15) is 0 Å². The van der Waals surface area contributed by atoms with E-state index in [1.165, 1.54) is 18.4 Å². The predicted octanol–water partition coefficient (Wildman–Crippen LogP) is 1.05. The van der Waals surface area contributed by atoms with Gasteiger partial charge in [-0.3, -0.25) is 0 Å². The van der Waals surface area contributed by atoms with Gasteiger partial charge >= 0.3 is 0 Å². The molecule has 0 aliphatic heterocycles. The van der Waals surface area contributed by atoms with Crippen LogP contribution in [0.1, 0.15) is 25.5 Å². The molecule has 1 rings (SSSR count). The van der Waals surface area contributed by atoms with E-state index in [4.69, 9.17) is 0 Å². The quantitative estimate of drug-likeness (QED) is 0.787. The number of benzene rings is 1. The first-order valence-corrected chi connectivity index (χ1v) is 8.79. The molecule has 0 aliphatic carbocycles. The average Bonchev–Trinajstić information content (AvgIpc) is 2.37. The van der Waals surface area contributed by atoms with E-state index >= 15 is 0 Å². The number of hydrogen-bond donors (Lipinski definition) is 2. The van der Waals surface area contributed by atoms with Crippen molar-refractivity contribution in [2.24, 2.45) is 0 Å². The summed E-state index contributed by atoms with van der Waals surface area (Å²) in [7, 11) is 0.838. The van der Waals surface area contributed by atoms with Gasteiger partial charge in [-0.1, -0.05) is 12.1 Å². The summed E-state index contributed by atoms with van der Waals surface area (Å²) in [6, 6.07) is 6.36. The standard InChI is InChI=1S/C15H26N2O3S/c1-15(2,17(3)4)11-16-10-14(18)12-6-8-13(9-7-12)21(5,19)20/h6-9,14,16,18H,10-11H2,1-5H3. The zero-order valence-electron chi connectivity index (χ0n) is 13.4. The highest BCUT2D eigenvalue weighted by atomic mass is 32.2. The summed E-state index contributed by atoms with van der Waals surface area (Å²) < 4.78 is 22.8. The lowest BCUT2D eigenvalue weighted by Gasteiger charge is -2.33. The molecule has 1 unspecified atom stereocenters. The number of hydrogen-bond acceptors (Lipinski definition) is 5. The van der Waals surface area contributed by atoms with Crippen LogP contribution < -0.4 is 5.32 Å². The minimum absolute atomic E-state index is 0.000133. The van der Waals surface area contributed by atoms with Crippen molar-refractivity contribution >= 4 is 9.84 Å². The van der Waals surface area contributed by atoms with Crippen LogP contribution in [0.3, 0.4) is 0 Å². The second-order valence-corrected chi connectivity index (χ2v) is 8.21. The van der Waals surface area contributed by atoms with E-state index in [2.05, 4.69) is 24.1 Å². The fourth-order valence-electron chi connectivity index (χ4n) is 1.73. The number of rotatable bonds is 7. The summed E-state index contributed by atoms with van der Waals surface area (Å²) in [6.45, 7) is 5.41. The van der Waals surface area contributed by atoms with Crippen molar-refractivity contribution < 1.29 is 13.5 Å². The smallest absolute Gasteiger partial charge is 0.175 e. The predicted molar refractivity (Wildman–Crippen MR) is 85.1 cm³/mol. The van der Waals surface area contributed by atoms with Crippen LogP contribution >= 0.6 is 0 Å². The van der Waals surface area contributed by atoms with Gasteiger partial charge < -0.3 is 15.3 Å². The molecule has 1 aromatic carbocycles. The molecule has 0 bridgehead atoms. The zero-order valence-corrected chi connectivity index (χ0v) is 14.2. The Morgan fingerprint density at radius 3 is 2.19 bits per heavy atom. The second-order valence-electron chi connectivity index (χ2n) is 6.19. The molecule has 1 aromatic rings. The first-order valence-electron chi connectivity index (χ1n) is 6.90. The van der Waals surface area contributed by atoms with E-state index in [-0.39, 0.29) is 10.4 Å². The lowest BCUT2D eigenvalue weighted by molar-refractivity contribution is 0.152. The number of nitrogens with one attached hydrogen (secondary N) is 1. The van der Waals surface area contributed by atoms with Crippen LogP contribution in [0.4, 0.5) is 0 Å². The monoisotopic (exact) mass is 314 g/mol. The molecule has 0 spiro atoms. The van der Waals surface area contributed by atoms with Crippen LogP contribution in [0.15, 0.2) is 29.2 Å². The van der Waals surface area contributed by atoms with Gasteiger partial charge in [-0.25, -0.2) is 8.42 Å². The Kier molecular flexibility index (Phi) is 5.92. The summed E-state index contributed by atoms with van der Waals surface area (Å²) in [5.74, 6) is 0. The molecule has 0 saturated heterocycles. The number of sulfone groups is 1. The maximum atomic E-state index is 11.4. The summed E-state index contributed by atoms with van der Waals surface area (Å²) in [4.78, 5) is 2.38.